The molecule has 1 N–H and O–H groups in total. The molecule has 0 fully saturated rings. The molecule has 0 aliphatic heterocycles. The van der Waals surface area contributed by atoms with Crippen molar-refractivity contribution in [2.75, 3.05) is 18.0 Å². The van der Waals surface area contributed by atoms with Crippen LogP contribution in [0.15, 0.2) is 24.3 Å². The average molecular weight is 280 g/mol. The molecule has 110 valence electrons. The summed E-state index contributed by atoms with van der Waals surface area (Å²) in [5.74, 6) is -0.323. The van der Waals surface area contributed by atoms with Crippen LogP contribution in [-0.4, -0.2) is 24.9 Å². The van der Waals surface area contributed by atoms with Gasteiger partial charge in [-0.15, -0.1) is 0 Å². The summed E-state index contributed by atoms with van der Waals surface area (Å²) in [5.41, 5.74) is 0.496. The number of benzene rings is 1. The summed E-state index contributed by atoms with van der Waals surface area (Å²) >= 11 is 0. The van der Waals surface area contributed by atoms with Crippen molar-refractivity contribution < 1.29 is 14.0 Å². The standard InChI is InChI=1S/C15H21FN2O2/c1-11(2)9-15(20)17-7-8-18(12(3)19)14-6-4-5-13(16)10-14/h4-6,10-11H,7-9H2,1-3H3,(H,17,20). The van der Waals surface area contributed by atoms with Crippen molar-refractivity contribution in [1.29, 1.82) is 0 Å². The Morgan fingerprint density at radius 1 is 1.35 bits per heavy atom. The molecule has 0 aliphatic carbocycles. The molecule has 0 radical (unpaired) electrons. The molecule has 4 nitrogen and oxygen atoms in total. The zero-order valence-corrected chi connectivity index (χ0v) is 12.1. The third-order valence-electron chi connectivity index (χ3n) is 2.75. The number of hydrogen-bond acceptors (Lipinski definition) is 2. The predicted octanol–water partition coefficient (Wildman–Crippen LogP) is 2.34. The first-order valence-electron chi connectivity index (χ1n) is 6.70. The van der Waals surface area contributed by atoms with Gasteiger partial charge in [-0.3, -0.25) is 9.59 Å². The first-order valence-corrected chi connectivity index (χ1v) is 6.70. The molecule has 0 heterocycles. The van der Waals surface area contributed by atoms with Gasteiger partial charge in [-0.2, -0.15) is 0 Å². The zero-order chi connectivity index (χ0) is 15.1. The van der Waals surface area contributed by atoms with E-state index in [1.165, 1.54) is 24.0 Å². The first kappa shape index (κ1) is 16.1. The van der Waals surface area contributed by atoms with E-state index in [9.17, 15) is 14.0 Å². The Labute approximate surface area is 119 Å². The Morgan fingerprint density at radius 2 is 2.05 bits per heavy atom. The van der Waals surface area contributed by atoms with Gasteiger partial charge in [0.15, 0.2) is 0 Å². The number of amides is 2. The topological polar surface area (TPSA) is 49.4 Å². The summed E-state index contributed by atoms with van der Waals surface area (Å²) in [4.78, 5) is 24.6. The molecule has 0 aromatic heterocycles. The maximum atomic E-state index is 13.2. The van der Waals surface area contributed by atoms with Crippen LogP contribution in [-0.2, 0) is 9.59 Å². The summed E-state index contributed by atoms with van der Waals surface area (Å²) in [6, 6.07) is 5.85. The summed E-state index contributed by atoms with van der Waals surface area (Å²) < 4.78 is 13.2. The fourth-order valence-corrected chi connectivity index (χ4v) is 1.86. The Morgan fingerprint density at radius 3 is 2.60 bits per heavy atom. The van der Waals surface area contributed by atoms with Gasteiger partial charge in [-0.05, 0) is 24.1 Å². The van der Waals surface area contributed by atoms with Crippen LogP contribution in [0.1, 0.15) is 27.2 Å². The number of halogens is 1. The number of nitrogens with zero attached hydrogens (tertiary/aromatic N) is 1. The second-order valence-electron chi connectivity index (χ2n) is 5.10. The molecular weight excluding hydrogens is 259 g/mol. The minimum absolute atomic E-state index is 0.0391. The Hall–Kier alpha value is -1.91. The van der Waals surface area contributed by atoms with Gasteiger partial charge in [0, 0.05) is 32.1 Å². The highest BCUT2D eigenvalue weighted by atomic mass is 19.1. The van der Waals surface area contributed by atoms with Gasteiger partial charge >= 0.3 is 0 Å². The second-order valence-corrected chi connectivity index (χ2v) is 5.10. The lowest BCUT2D eigenvalue weighted by molar-refractivity contribution is -0.122. The van der Waals surface area contributed by atoms with E-state index in [0.29, 0.717) is 31.1 Å². The number of carbonyl (C=O) groups excluding carboxylic acids is 2. The Balaban J connectivity index is 2.57. The molecule has 20 heavy (non-hydrogen) atoms. The summed E-state index contributed by atoms with van der Waals surface area (Å²) in [5, 5.41) is 2.76. The van der Waals surface area contributed by atoms with E-state index in [1.54, 1.807) is 12.1 Å². The smallest absolute Gasteiger partial charge is 0.223 e. The molecule has 1 aromatic rings. The van der Waals surface area contributed by atoms with Crippen molar-refractivity contribution >= 4 is 17.5 Å². The highest BCUT2D eigenvalue weighted by molar-refractivity contribution is 5.91. The maximum Gasteiger partial charge on any atom is 0.223 e. The summed E-state index contributed by atoms with van der Waals surface area (Å²) in [6.45, 7) is 6.02. The lowest BCUT2D eigenvalue weighted by atomic mass is 10.1. The number of nitrogens with one attached hydrogen (secondary N) is 1. The van der Waals surface area contributed by atoms with Crippen molar-refractivity contribution in [3.05, 3.63) is 30.1 Å². The molecule has 0 unspecified atom stereocenters. The molecule has 0 bridgehead atoms. The highest BCUT2D eigenvalue weighted by Gasteiger charge is 2.12. The van der Waals surface area contributed by atoms with Crippen LogP contribution in [0.2, 0.25) is 0 Å². The van der Waals surface area contributed by atoms with Crippen molar-refractivity contribution in [3.8, 4) is 0 Å². The van der Waals surface area contributed by atoms with Crippen molar-refractivity contribution in [2.45, 2.75) is 27.2 Å². The monoisotopic (exact) mass is 280 g/mol. The van der Waals surface area contributed by atoms with E-state index in [0.717, 1.165) is 0 Å². The van der Waals surface area contributed by atoms with E-state index in [1.807, 2.05) is 13.8 Å². The molecule has 2 amide bonds. The lowest BCUT2D eigenvalue weighted by Crippen LogP contribution is -2.37. The van der Waals surface area contributed by atoms with Crippen LogP contribution in [0, 0.1) is 11.7 Å². The van der Waals surface area contributed by atoms with E-state index in [-0.39, 0.29) is 11.8 Å². The molecule has 0 spiro atoms. The fourth-order valence-electron chi connectivity index (χ4n) is 1.86. The third kappa shape index (κ3) is 5.38. The summed E-state index contributed by atoms with van der Waals surface area (Å²) in [7, 11) is 0. The van der Waals surface area contributed by atoms with Crippen LogP contribution in [0.3, 0.4) is 0 Å². The van der Waals surface area contributed by atoms with Gasteiger partial charge in [-0.25, -0.2) is 4.39 Å². The fraction of sp³-hybridized carbons (Fsp3) is 0.467. The molecule has 0 atom stereocenters. The minimum atomic E-state index is -0.391. The van der Waals surface area contributed by atoms with Crippen LogP contribution < -0.4 is 10.2 Å². The molecule has 1 rings (SSSR count). The first-order chi connectivity index (χ1) is 9.40. The third-order valence-corrected chi connectivity index (χ3v) is 2.75. The van der Waals surface area contributed by atoms with Gasteiger partial charge in [0.2, 0.25) is 11.8 Å². The largest absolute Gasteiger partial charge is 0.354 e. The predicted molar refractivity (Wildman–Crippen MR) is 76.9 cm³/mol. The van der Waals surface area contributed by atoms with E-state index in [4.69, 9.17) is 0 Å². The normalized spacial score (nSPS) is 10.4. The quantitative estimate of drug-likeness (QED) is 0.869. The van der Waals surface area contributed by atoms with Crippen molar-refractivity contribution in [2.24, 2.45) is 5.92 Å². The zero-order valence-electron chi connectivity index (χ0n) is 12.1. The van der Waals surface area contributed by atoms with Crippen molar-refractivity contribution in [1.82, 2.24) is 5.32 Å². The number of anilines is 1. The van der Waals surface area contributed by atoms with E-state index in [2.05, 4.69) is 5.32 Å². The molecule has 0 saturated carbocycles. The van der Waals surface area contributed by atoms with Gasteiger partial charge in [-0.1, -0.05) is 19.9 Å². The number of hydrogen-bond donors (Lipinski definition) is 1. The van der Waals surface area contributed by atoms with E-state index < -0.39 is 5.82 Å². The lowest BCUT2D eigenvalue weighted by Gasteiger charge is -2.21. The molecule has 0 aliphatic rings. The van der Waals surface area contributed by atoms with Gasteiger partial charge in [0.05, 0.1) is 0 Å². The Kier molecular flexibility index (Phi) is 6.15. The number of carbonyl (C=O) groups is 2. The summed E-state index contributed by atoms with van der Waals surface area (Å²) in [6.07, 6.45) is 0.458. The van der Waals surface area contributed by atoms with E-state index >= 15 is 0 Å². The number of rotatable bonds is 6. The molecular formula is C15H21FN2O2. The Bertz CT molecular complexity index is 475. The minimum Gasteiger partial charge on any atom is -0.354 e. The van der Waals surface area contributed by atoms with Crippen LogP contribution >= 0.6 is 0 Å². The van der Waals surface area contributed by atoms with Gasteiger partial charge < -0.3 is 10.2 Å². The second kappa shape index (κ2) is 7.62. The van der Waals surface area contributed by atoms with Crippen LogP contribution in [0.4, 0.5) is 10.1 Å². The molecule has 1 aromatic carbocycles. The van der Waals surface area contributed by atoms with Crippen LogP contribution in [0.5, 0.6) is 0 Å². The maximum absolute atomic E-state index is 13.2. The van der Waals surface area contributed by atoms with Crippen molar-refractivity contribution in [3.63, 3.8) is 0 Å². The van der Waals surface area contributed by atoms with Gasteiger partial charge in [0.1, 0.15) is 5.82 Å². The SMILES string of the molecule is CC(=O)N(CCNC(=O)CC(C)C)c1cccc(F)c1. The van der Waals surface area contributed by atoms with Crippen LogP contribution in [0.25, 0.3) is 0 Å². The van der Waals surface area contributed by atoms with Gasteiger partial charge in [0.25, 0.3) is 0 Å². The average Bonchev–Trinajstić information content (AvgIpc) is 2.33. The molecule has 5 heteroatoms. The highest BCUT2D eigenvalue weighted by Crippen LogP contribution is 2.15. The molecule has 0 saturated heterocycles.